The summed E-state index contributed by atoms with van der Waals surface area (Å²) in [4.78, 5) is 13.7. The molecule has 1 aliphatic heterocycles. The highest BCUT2D eigenvalue weighted by Gasteiger charge is 2.26. The lowest BCUT2D eigenvalue weighted by Gasteiger charge is -2.29. The first-order valence-corrected chi connectivity index (χ1v) is 6.50. The Kier molecular flexibility index (Phi) is 2.96. The Labute approximate surface area is 107 Å². The lowest BCUT2D eigenvalue weighted by Crippen LogP contribution is -2.37. The normalized spacial score (nSPS) is 18.9. The number of rotatable bonds is 4. The number of aryl methyl sites for hydroxylation is 1. The SMILES string of the molecule is Nc1ccc2c(c1)CCC(=O)N2COCC1CC1. The minimum atomic E-state index is 0.142. The number of carbonyl (C=O) groups is 1. The number of ether oxygens (including phenoxy) is 1. The van der Waals surface area contributed by atoms with Crippen molar-refractivity contribution < 1.29 is 9.53 Å². The van der Waals surface area contributed by atoms with E-state index in [9.17, 15) is 4.79 Å². The van der Waals surface area contributed by atoms with Crippen LogP contribution in [0.2, 0.25) is 0 Å². The molecule has 96 valence electrons. The minimum absolute atomic E-state index is 0.142. The number of nitrogens with zero attached hydrogens (tertiary/aromatic N) is 1. The van der Waals surface area contributed by atoms with Gasteiger partial charge in [0.25, 0.3) is 0 Å². The fourth-order valence-corrected chi connectivity index (χ4v) is 2.32. The van der Waals surface area contributed by atoms with Crippen LogP contribution in [0.3, 0.4) is 0 Å². The smallest absolute Gasteiger partial charge is 0.229 e. The van der Waals surface area contributed by atoms with Crippen molar-refractivity contribution in [1.82, 2.24) is 0 Å². The molecule has 1 aromatic carbocycles. The van der Waals surface area contributed by atoms with Crippen LogP contribution in [-0.4, -0.2) is 19.2 Å². The van der Waals surface area contributed by atoms with Crippen molar-refractivity contribution in [1.29, 1.82) is 0 Å². The Hall–Kier alpha value is -1.55. The van der Waals surface area contributed by atoms with Gasteiger partial charge in [0.1, 0.15) is 6.73 Å². The second kappa shape index (κ2) is 4.61. The van der Waals surface area contributed by atoms with Crippen LogP contribution in [0.25, 0.3) is 0 Å². The number of hydrogen-bond donors (Lipinski definition) is 1. The Bertz CT molecular complexity index is 469. The van der Waals surface area contributed by atoms with Gasteiger partial charge in [0.05, 0.1) is 6.61 Å². The molecule has 0 saturated heterocycles. The first-order valence-electron chi connectivity index (χ1n) is 6.50. The van der Waals surface area contributed by atoms with Gasteiger partial charge in [-0.25, -0.2) is 0 Å². The highest BCUT2D eigenvalue weighted by molar-refractivity contribution is 5.96. The number of nitrogen functional groups attached to an aromatic ring is 1. The summed E-state index contributed by atoms with van der Waals surface area (Å²) < 4.78 is 5.63. The van der Waals surface area contributed by atoms with Gasteiger partial charge in [-0.1, -0.05) is 0 Å². The van der Waals surface area contributed by atoms with E-state index < -0.39 is 0 Å². The molecule has 1 aromatic rings. The number of fused-ring (bicyclic) bond motifs is 1. The number of nitrogens with two attached hydrogens (primary N) is 1. The summed E-state index contributed by atoms with van der Waals surface area (Å²) in [5.74, 6) is 0.860. The molecule has 3 rings (SSSR count). The number of hydrogen-bond acceptors (Lipinski definition) is 3. The molecule has 0 bridgehead atoms. The summed E-state index contributed by atoms with van der Waals surface area (Å²) in [7, 11) is 0. The Morgan fingerprint density at radius 1 is 1.33 bits per heavy atom. The number of carbonyl (C=O) groups excluding carboxylic acids is 1. The van der Waals surface area contributed by atoms with E-state index in [-0.39, 0.29) is 5.91 Å². The molecule has 1 aliphatic carbocycles. The lowest BCUT2D eigenvalue weighted by molar-refractivity contribution is -0.120. The fraction of sp³-hybridized carbons (Fsp3) is 0.500. The molecule has 2 N–H and O–H groups in total. The van der Waals surface area contributed by atoms with E-state index in [0.29, 0.717) is 13.2 Å². The average molecular weight is 246 g/mol. The second-order valence-corrected chi connectivity index (χ2v) is 5.15. The summed E-state index contributed by atoms with van der Waals surface area (Å²) in [5.41, 5.74) is 8.63. The van der Waals surface area contributed by atoms with Gasteiger partial charge in [0.15, 0.2) is 0 Å². The van der Waals surface area contributed by atoms with Crippen LogP contribution >= 0.6 is 0 Å². The average Bonchev–Trinajstić information content (AvgIpc) is 3.16. The monoisotopic (exact) mass is 246 g/mol. The highest BCUT2D eigenvalue weighted by Crippen LogP contribution is 2.31. The zero-order chi connectivity index (χ0) is 12.5. The van der Waals surface area contributed by atoms with Crippen molar-refractivity contribution in [3.8, 4) is 0 Å². The summed E-state index contributed by atoms with van der Waals surface area (Å²) in [6.07, 6.45) is 3.85. The predicted octanol–water partition coefficient (Wildman–Crippen LogP) is 1.93. The van der Waals surface area contributed by atoms with Crippen LogP contribution in [0.15, 0.2) is 18.2 Å². The van der Waals surface area contributed by atoms with Crippen LogP contribution in [-0.2, 0) is 16.0 Å². The van der Waals surface area contributed by atoms with Crippen molar-refractivity contribution in [2.75, 3.05) is 24.0 Å². The van der Waals surface area contributed by atoms with Gasteiger partial charge in [-0.05, 0) is 48.9 Å². The van der Waals surface area contributed by atoms with Gasteiger partial charge < -0.3 is 10.5 Å². The van der Waals surface area contributed by atoms with Crippen LogP contribution in [0.1, 0.15) is 24.8 Å². The fourth-order valence-electron chi connectivity index (χ4n) is 2.32. The van der Waals surface area contributed by atoms with E-state index in [0.717, 1.165) is 35.9 Å². The molecule has 4 heteroatoms. The van der Waals surface area contributed by atoms with Crippen molar-refractivity contribution in [3.63, 3.8) is 0 Å². The van der Waals surface area contributed by atoms with Crippen molar-refractivity contribution in [2.45, 2.75) is 25.7 Å². The molecule has 0 radical (unpaired) electrons. The molecule has 0 atom stereocenters. The van der Waals surface area contributed by atoms with E-state index in [1.165, 1.54) is 12.8 Å². The van der Waals surface area contributed by atoms with Gasteiger partial charge in [0, 0.05) is 17.8 Å². The molecule has 18 heavy (non-hydrogen) atoms. The molecule has 1 fully saturated rings. The maximum absolute atomic E-state index is 11.9. The quantitative estimate of drug-likeness (QED) is 0.826. The second-order valence-electron chi connectivity index (χ2n) is 5.15. The van der Waals surface area contributed by atoms with E-state index in [1.54, 1.807) is 4.90 Å². The molecular formula is C14H18N2O2. The molecular weight excluding hydrogens is 228 g/mol. The summed E-state index contributed by atoms with van der Waals surface area (Å²) in [6, 6.07) is 5.71. The van der Waals surface area contributed by atoms with Crippen molar-refractivity contribution in [2.24, 2.45) is 5.92 Å². The molecule has 0 spiro atoms. The molecule has 2 aliphatic rings. The largest absolute Gasteiger partial charge is 0.399 e. The van der Waals surface area contributed by atoms with Gasteiger partial charge >= 0.3 is 0 Å². The standard InChI is InChI=1S/C14H18N2O2/c15-12-4-5-13-11(7-12)3-6-14(17)16(13)9-18-8-10-1-2-10/h4-5,7,10H,1-3,6,8-9,15H2. The number of benzene rings is 1. The van der Waals surface area contributed by atoms with E-state index in [2.05, 4.69) is 0 Å². The van der Waals surface area contributed by atoms with Crippen LogP contribution < -0.4 is 10.6 Å². The van der Waals surface area contributed by atoms with Crippen LogP contribution in [0, 0.1) is 5.92 Å². The number of anilines is 2. The minimum Gasteiger partial charge on any atom is -0.399 e. The zero-order valence-corrected chi connectivity index (χ0v) is 10.4. The van der Waals surface area contributed by atoms with E-state index >= 15 is 0 Å². The maximum atomic E-state index is 11.9. The summed E-state index contributed by atoms with van der Waals surface area (Å²) in [6.45, 7) is 1.14. The molecule has 1 amide bonds. The first kappa shape index (κ1) is 11.5. The third-order valence-corrected chi connectivity index (χ3v) is 3.57. The summed E-state index contributed by atoms with van der Waals surface area (Å²) in [5, 5.41) is 0. The highest BCUT2D eigenvalue weighted by atomic mass is 16.5. The molecule has 1 heterocycles. The van der Waals surface area contributed by atoms with Gasteiger partial charge in [-0.15, -0.1) is 0 Å². The Morgan fingerprint density at radius 2 is 2.17 bits per heavy atom. The molecule has 1 saturated carbocycles. The molecule has 0 aromatic heterocycles. The first-order chi connectivity index (χ1) is 8.74. The topological polar surface area (TPSA) is 55.6 Å². The lowest BCUT2D eigenvalue weighted by atomic mass is 10.0. The third-order valence-electron chi connectivity index (χ3n) is 3.57. The van der Waals surface area contributed by atoms with Gasteiger partial charge in [-0.2, -0.15) is 0 Å². The Balaban J connectivity index is 1.73. The number of amides is 1. The van der Waals surface area contributed by atoms with Crippen LogP contribution in [0.5, 0.6) is 0 Å². The zero-order valence-electron chi connectivity index (χ0n) is 10.4. The summed E-state index contributed by atoms with van der Waals surface area (Å²) >= 11 is 0. The third kappa shape index (κ3) is 2.34. The van der Waals surface area contributed by atoms with E-state index in [1.807, 2.05) is 18.2 Å². The van der Waals surface area contributed by atoms with Crippen molar-refractivity contribution >= 4 is 17.3 Å². The maximum Gasteiger partial charge on any atom is 0.229 e. The molecule has 0 unspecified atom stereocenters. The van der Waals surface area contributed by atoms with Gasteiger partial charge in [-0.3, -0.25) is 9.69 Å². The van der Waals surface area contributed by atoms with Crippen molar-refractivity contribution in [3.05, 3.63) is 23.8 Å². The van der Waals surface area contributed by atoms with Gasteiger partial charge in [0.2, 0.25) is 5.91 Å². The predicted molar refractivity (Wildman–Crippen MR) is 70.2 cm³/mol. The van der Waals surface area contributed by atoms with E-state index in [4.69, 9.17) is 10.5 Å². The molecule has 4 nitrogen and oxygen atoms in total. The van der Waals surface area contributed by atoms with Crippen LogP contribution in [0.4, 0.5) is 11.4 Å². The Morgan fingerprint density at radius 3 is 2.94 bits per heavy atom.